The van der Waals surface area contributed by atoms with E-state index in [-0.39, 0.29) is 6.04 Å². The summed E-state index contributed by atoms with van der Waals surface area (Å²) < 4.78 is 0. The Morgan fingerprint density at radius 2 is 1.68 bits per heavy atom. The minimum absolute atomic E-state index is 0.290. The maximum Gasteiger partial charge on any atom is 0.0535 e. The Morgan fingerprint density at radius 1 is 1.00 bits per heavy atom. The van der Waals surface area contributed by atoms with Crippen molar-refractivity contribution in [3.8, 4) is 0 Å². The molecule has 0 fully saturated rings. The number of hydrogen-bond donors (Lipinski definition) is 2. The third-order valence-corrected chi connectivity index (χ3v) is 3.96. The first-order chi connectivity index (χ1) is 10.8. The molecular weight excluding hydrogens is 270 g/mol. The zero-order chi connectivity index (χ0) is 15.2. The number of hydrogen-bond acceptors (Lipinski definition) is 2. The third kappa shape index (κ3) is 3.62. The van der Waals surface area contributed by atoms with Gasteiger partial charge in [0, 0.05) is 23.8 Å². The van der Waals surface area contributed by atoms with Gasteiger partial charge < -0.3 is 5.32 Å². The van der Waals surface area contributed by atoms with Crippen molar-refractivity contribution < 1.29 is 0 Å². The molecule has 3 aromatic rings. The first kappa shape index (κ1) is 14.5. The predicted octanol–water partition coefficient (Wildman–Crippen LogP) is 3.79. The highest BCUT2D eigenvalue weighted by atomic mass is 15.1. The van der Waals surface area contributed by atoms with E-state index in [1.54, 1.807) is 0 Å². The van der Waals surface area contributed by atoms with Crippen LogP contribution in [0.4, 0.5) is 0 Å². The predicted molar refractivity (Wildman–Crippen MR) is 89.5 cm³/mol. The molecule has 3 heteroatoms. The minimum Gasteiger partial charge on any atom is -0.305 e. The lowest BCUT2D eigenvalue weighted by Gasteiger charge is -2.19. The highest BCUT2D eigenvalue weighted by Crippen LogP contribution is 2.19. The van der Waals surface area contributed by atoms with Gasteiger partial charge in [-0.15, -0.1) is 0 Å². The molecule has 1 aromatic heterocycles. The van der Waals surface area contributed by atoms with Crippen molar-refractivity contribution in [3.05, 3.63) is 89.2 Å². The van der Waals surface area contributed by atoms with Gasteiger partial charge in [0.15, 0.2) is 0 Å². The molecule has 0 aliphatic carbocycles. The molecular formula is C19H21N3. The van der Waals surface area contributed by atoms with E-state index in [9.17, 15) is 0 Å². The van der Waals surface area contributed by atoms with Crippen LogP contribution in [-0.4, -0.2) is 10.2 Å². The SMILES string of the molecule is Cc1[nH]ncc1CNC(Cc1ccccc1)c1ccccc1. The van der Waals surface area contributed by atoms with Crippen molar-refractivity contribution in [1.29, 1.82) is 0 Å². The molecule has 3 rings (SSSR count). The molecule has 0 bridgehead atoms. The van der Waals surface area contributed by atoms with Crippen molar-refractivity contribution in [1.82, 2.24) is 15.5 Å². The minimum atomic E-state index is 0.290. The molecule has 1 heterocycles. The smallest absolute Gasteiger partial charge is 0.0535 e. The van der Waals surface area contributed by atoms with Crippen LogP contribution in [0.1, 0.15) is 28.4 Å². The molecule has 3 nitrogen and oxygen atoms in total. The first-order valence-electron chi connectivity index (χ1n) is 7.64. The molecule has 0 aliphatic rings. The van der Waals surface area contributed by atoms with Crippen LogP contribution in [0, 0.1) is 6.92 Å². The monoisotopic (exact) mass is 291 g/mol. The van der Waals surface area contributed by atoms with Crippen molar-refractivity contribution in [2.24, 2.45) is 0 Å². The van der Waals surface area contributed by atoms with E-state index >= 15 is 0 Å². The van der Waals surface area contributed by atoms with Gasteiger partial charge in [0.1, 0.15) is 0 Å². The fourth-order valence-electron chi connectivity index (χ4n) is 2.63. The molecule has 22 heavy (non-hydrogen) atoms. The highest BCUT2D eigenvalue weighted by molar-refractivity contribution is 5.24. The number of nitrogens with one attached hydrogen (secondary N) is 2. The van der Waals surface area contributed by atoms with Crippen LogP contribution in [0.3, 0.4) is 0 Å². The largest absolute Gasteiger partial charge is 0.305 e. The number of benzene rings is 2. The average molecular weight is 291 g/mol. The Labute approximate surface area is 131 Å². The maximum absolute atomic E-state index is 4.09. The molecule has 1 atom stereocenters. The Bertz CT molecular complexity index is 689. The van der Waals surface area contributed by atoms with E-state index < -0.39 is 0 Å². The molecule has 1 unspecified atom stereocenters. The Morgan fingerprint density at radius 3 is 2.32 bits per heavy atom. The van der Waals surface area contributed by atoms with Gasteiger partial charge in [-0.25, -0.2) is 0 Å². The lowest BCUT2D eigenvalue weighted by molar-refractivity contribution is 0.529. The second kappa shape index (κ2) is 7.05. The standard InChI is InChI=1S/C19H21N3/c1-15-18(14-21-22-15)13-20-19(17-10-6-3-7-11-17)12-16-8-4-2-5-9-16/h2-11,14,19-20H,12-13H2,1H3,(H,21,22). The van der Waals surface area contributed by atoms with Crippen LogP contribution in [0.5, 0.6) is 0 Å². The van der Waals surface area contributed by atoms with Gasteiger partial charge in [-0.2, -0.15) is 5.10 Å². The van der Waals surface area contributed by atoms with Crippen LogP contribution in [0.15, 0.2) is 66.9 Å². The summed E-state index contributed by atoms with van der Waals surface area (Å²) in [5.41, 5.74) is 4.99. The van der Waals surface area contributed by atoms with Crippen LogP contribution in [0.25, 0.3) is 0 Å². The Balaban J connectivity index is 1.76. The summed E-state index contributed by atoms with van der Waals surface area (Å²) in [5, 5.41) is 10.8. The van der Waals surface area contributed by atoms with E-state index in [1.165, 1.54) is 16.7 Å². The van der Waals surface area contributed by atoms with E-state index in [0.717, 1.165) is 18.7 Å². The number of nitrogens with zero attached hydrogens (tertiary/aromatic N) is 1. The van der Waals surface area contributed by atoms with Gasteiger partial charge in [-0.05, 0) is 24.5 Å². The van der Waals surface area contributed by atoms with Crippen molar-refractivity contribution in [2.45, 2.75) is 25.9 Å². The fourth-order valence-corrected chi connectivity index (χ4v) is 2.63. The second-order valence-corrected chi connectivity index (χ2v) is 5.55. The number of aryl methyl sites for hydroxylation is 1. The van der Waals surface area contributed by atoms with Gasteiger partial charge in [-0.3, -0.25) is 5.10 Å². The highest BCUT2D eigenvalue weighted by Gasteiger charge is 2.12. The third-order valence-electron chi connectivity index (χ3n) is 3.96. The summed E-state index contributed by atoms with van der Waals surface area (Å²) >= 11 is 0. The summed E-state index contributed by atoms with van der Waals surface area (Å²) in [6.07, 6.45) is 2.87. The van der Waals surface area contributed by atoms with E-state index in [4.69, 9.17) is 0 Å². The van der Waals surface area contributed by atoms with Gasteiger partial charge >= 0.3 is 0 Å². The van der Waals surface area contributed by atoms with E-state index in [2.05, 4.69) is 83.1 Å². The maximum atomic E-state index is 4.09. The van der Waals surface area contributed by atoms with Crippen LogP contribution >= 0.6 is 0 Å². The van der Waals surface area contributed by atoms with Gasteiger partial charge in [0.2, 0.25) is 0 Å². The Kier molecular flexibility index (Phi) is 4.66. The molecule has 0 saturated heterocycles. The molecule has 2 aromatic carbocycles. The summed E-state index contributed by atoms with van der Waals surface area (Å²) in [6, 6.07) is 21.5. The average Bonchev–Trinajstić information content (AvgIpc) is 2.98. The van der Waals surface area contributed by atoms with Crippen LogP contribution < -0.4 is 5.32 Å². The molecule has 0 spiro atoms. The van der Waals surface area contributed by atoms with Crippen molar-refractivity contribution >= 4 is 0 Å². The van der Waals surface area contributed by atoms with Gasteiger partial charge in [-0.1, -0.05) is 60.7 Å². The molecule has 0 radical (unpaired) electrons. The van der Waals surface area contributed by atoms with Crippen LogP contribution in [-0.2, 0) is 13.0 Å². The van der Waals surface area contributed by atoms with Gasteiger partial charge in [0.05, 0.1) is 6.20 Å². The van der Waals surface area contributed by atoms with E-state index in [1.807, 2.05) is 6.20 Å². The number of aromatic amines is 1. The summed E-state index contributed by atoms with van der Waals surface area (Å²) in [4.78, 5) is 0. The molecule has 0 amide bonds. The number of aromatic nitrogens is 2. The molecule has 0 saturated carbocycles. The van der Waals surface area contributed by atoms with E-state index in [0.29, 0.717) is 0 Å². The topological polar surface area (TPSA) is 40.7 Å². The number of rotatable bonds is 6. The summed E-state index contributed by atoms with van der Waals surface area (Å²) in [5.74, 6) is 0. The normalized spacial score (nSPS) is 12.2. The summed E-state index contributed by atoms with van der Waals surface area (Å²) in [7, 11) is 0. The molecule has 112 valence electrons. The number of H-pyrrole nitrogens is 1. The van der Waals surface area contributed by atoms with Crippen LogP contribution in [0.2, 0.25) is 0 Å². The zero-order valence-electron chi connectivity index (χ0n) is 12.8. The Hall–Kier alpha value is -2.39. The van der Waals surface area contributed by atoms with Crippen molar-refractivity contribution in [3.63, 3.8) is 0 Å². The lowest BCUT2D eigenvalue weighted by Crippen LogP contribution is -2.23. The fraction of sp³-hybridized carbons (Fsp3) is 0.211. The van der Waals surface area contributed by atoms with Gasteiger partial charge in [0.25, 0.3) is 0 Å². The molecule has 0 aliphatic heterocycles. The molecule has 2 N–H and O–H groups in total. The lowest BCUT2D eigenvalue weighted by atomic mass is 9.98. The summed E-state index contributed by atoms with van der Waals surface area (Å²) in [6.45, 7) is 2.87. The quantitative estimate of drug-likeness (QED) is 0.725. The first-order valence-corrected chi connectivity index (χ1v) is 7.64. The van der Waals surface area contributed by atoms with Crippen molar-refractivity contribution in [2.75, 3.05) is 0 Å². The second-order valence-electron chi connectivity index (χ2n) is 5.55. The zero-order valence-corrected chi connectivity index (χ0v) is 12.8.